The SMILES string of the molecule is CCc1ccccc1Nc1nc(N)nc(COC(=O)c2cnccn2)n1. The Hall–Kier alpha value is -3.62. The molecule has 9 nitrogen and oxygen atoms in total. The van der Waals surface area contributed by atoms with Gasteiger partial charge in [0.25, 0.3) is 0 Å². The summed E-state index contributed by atoms with van der Waals surface area (Å²) in [5.74, 6) is -0.0832. The number of esters is 1. The van der Waals surface area contributed by atoms with Crippen molar-refractivity contribution in [2.45, 2.75) is 20.0 Å². The number of para-hydroxylation sites is 1. The minimum Gasteiger partial charge on any atom is -0.453 e. The highest BCUT2D eigenvalue weighted by Gasteiger charge is 2.12. The summed E-state index contributed by atoms with van der Waals surface area (Å²) in [5.41, 5.74) is 7.83. The molecule has 0 spiro atoms. The molecular weight excluding hydrogens is 334 g/mol. The van der Waals surface area contributed by atoms with Crippen molar-refractivity contribution in [3.8, 4) is 0 Å². The average Bonchev–Trinajstić information content (AvgIpc) is 2.67. The van der Waals surface area contributed by atoms with Crippen LogP contribution in [0.1, 0.15) is 28.8 Å². The number of aromatic nitrogens is 5. The van der Waals surface area contributed by atoms with E-state index in [-0.39, 0.29) is 30.0 Å². The lowest BCUT2D eigenvalue weighted by Crippen LogP contribution is -2.12. The summed E-state index contributed by atoms with van der Waals surface area (Å²) in [6.07, 6.45) is 5.05. The Morgan fingerprint density at radius 1 is 1.19 bits per heavy atom. The summed E-state index contributed by atoms with van der Waals surface area (Å²) >= 11 is 0. The number of carbonyl (C=O) groups excluding carboxylic acids is 1. The van der Waals surface area contributed by atoms with Crippen LogP contribution in [0.15, 0.2) is 42.9 Å². The molecule has 0 aliphatic heterocycles. The molecule has 132 valence electrons. The Labute approximate surface area is 149 Å². The molecule has 0 unspecified atom stereocenters. The monoisotopic (exact) mass is 351 g/mol. The van der Waals surface area contributed by atoms with Crippen LogP contribution in [0.5, 0.6) is 0 Å². The number of hydrogen-bond acceptors (Lipinski definition) is 9. The molecule has 3 aromatic rings. The second-order valence-corrected chi connectivity index (χ2v) is 5.24. The van der Waals surface area contributed by atoms with Crippen LogP contribution >= 0.6 is 0 Å². The van der Waals surface area contributed by atoms with E-state index >= 15 is 0 Å². The normalized spacial score (nSPS) is 10.3. The maximum atomic E-state index is 11.9. The lowest BCUT2D eigenvalue weighted by molar-refractivity contribution is 0.0454. The summed E-state index contributed by atoms with van der Waals surface area (Å²) in [4.78, 5) is 31.9. The van der Waals surface area contributed by atoms with Gasteiger partial charge in [-0.3, -0.25) is 4.98 Å². The van der Waals surface area contributed by atoms with Crippen LogP contribution < -0.4 is 11.1 Å². The van der Waals surface area contributed by atoms with Gasteiger partial charge in [-0.05, 0) is 18.1 Å². The molecule has 2 aromatic heterocycles. The third kappa shape index (κ3) is 4.26. The third-order valence-electron chi connectivity index (χ3n) is 3.45. The van der Waals surface area contributed by atoms with Crippen molar-refractivity contribution in [2.75, 3.05) is 11.1 Å². The van der Waals surface area contributed by atoms with Crippen molar-refractivity contribution >= 4 is 23.6 Å². The summed E-state index contributed by atoms with van der Waals surface area (Å²) in [7, 11) is 0. The Morgan fingerprint density at radius 2 is 2.04 bits per heavy atom. The number of anilines is 3. The van der Waals surface area contributed by atoms with Crippen LogP contribution in [0.25, 0.3) is 0 Å². The zero-order valence-corrected chi connectivity index (χ0v) is 14.1. The molecule has 2 heterocycles. The van der Waals surface area contributed by atoms with Gasteiger partial charge in [0, 0.05) is 18.1 Å². The van der Waals surface area contributed by atoms with E-state index in [0.29, 0.717) is 0 Å². The summed E-state index contributed by atoms with van der Waals surface area (Å²) in [6.45, 7) is 1.89. The van der Waals surface area contributed by atoms with Gasteiger partial charge in [-0.1, -0.05) is 25.1 Å². The quantitative estimate of drug-likeness (QED) is 0.640. The van der Waals surface area contributed by atoms with E-state index in [1.165, 1.54) is 18.6 Å². The lowest BCUT2D eigenvalue weighted by Gasteiger charge is -2.10. The minimum atomic E-state index is -0.622. The second-order valence-electron chi connectivity index (χ2n) is 5.24. The first-order valence-corrected chi connectivity index (χ1v) is 7.94. The van der Waals surface area contributed by atoms with Crippen molar-refractivity contribution < 1.29 is 9.53 Å². The Morgan fingerprint density at radius 3 is 2.81 bits per heavy atom. The maximum Gasteiger partial charge on any atom is 0.358 e. The molecule has 0 aliphatic carbocycles. The van der Waals surface area contributed by atoms with Gasteiger partial charge < -0.3 is 15.8 Å². The highest BCUT2D eigenvalue weighted by molar-refractivity contribution is 5.86. The predicted octanol–water partition coefficient (Wildman–Crippen LogP) is 1.91. The first-order chi connectivity index (χ1) is 12.7. The van der Waals surface area contributed by atoms with E-state index in [2.05, 4.69) is 37.2 Å². The van der Waals surface area contributed by atoms with Crippen molar-refractivity contribution in [3.05, 3.63) is 59.9 Å². The molecular formula is C17H17N7O2. The van der Waals surface area contributed by atoms with Crippen LogP contribution in [-0.2, 0) is 17.8 Å². The van der Waals surface area contributed by atoms with E-state index in [9.17, 15) is 4.79 Å². The lowest BCUT2D eigenvalue weighted by atomic mass is 10.1. The fraction of sp³-hybridized carbons (Fsp3) is 0.176. The third-order valence-corrected chi connectivity index (χ3v) is 3.45. The Bertz CT molecular complexity index is 903. The van der Waals surface area contributed by atoms with Gasteiger partial charge in [-0.15, -0.1) is 0 Å². The molecule has 0 saturated carbocycles. The highest BCUT2D eigenvalue weighted by atomic mass is 16.5. The number of carbonyl (C=O) groups is 1. The fourth-order valence-corrected chi connectivity index (χ4v) is 2.24. The van der Waals surface area contributed by atoms with Crippen LogP contribution in [0.2, 0.25) is 0 Å². The maximum absolute atomic E-state index is 11.9. The predicted molar refractivity (Wildman–Crippen MR) is 94.5 cm³/mol. The van der Waals surface area contributed by atoms with Gasteiger partial charge >= 0.3 is 5.97 Å². The summed E-state index contributed by atoms with van der Waals surface area (Å²) in [5, 5.41) is 3.12. The van der Waals surface area contributed by atoms with Crippen LogP contribution in [0.4, 0.5) is 17.6 Å². The summed E-state index contributed by atoms with van der Waals surface area (Å²) in [6, 6.07) is 7.81. The molecule has 0 saturated heterocycles. The van der Waals surface area contributed by atoms with E-state index < -0.39 is 5.97 Å². The van der Waals surface area contributed by atoms with Gasteiger partial charge in [-0.2, -0.15) is 15.0 Å². The van der Waals surface area contributed by atoms with Gasteiger partial charge in [0.1, 0.15) is 0 Å². The number of nitrogens with one attached hydrogen (secondary N) is 1. The van der Waals surface area contributed by atoms with Crippen molar-refractivity contribution in [3.63, 3.8) is 0 Å². The average molecular weight is 351 g/mol. The van der Waals surface area contributed by atoms with E-state index in [0.717, 1.165) is 17.7 Å². The minimum absolute atomic E-state index is 0.0297. The van der Waals surface area contributed by atoms with Crippen molar-refractivity contribution in [1.29, 1.82) is 0 Å². The smallest absolute Gasteiger partial charge is 0.358 e. The molecule has 1 aromatic carbocycles. The van der Waals surface area contributed by atoms with Crippen LogP contribution in [-0.4, -0.2) is 30.9 Å². The molecule has 0 aliphatic rings. The van der Waals surface area contributed by atoms with Crippen LogP contribution in [0, 0.1) is 0 Å². The van der Waals surface area contributed by atoms with E-state index in [1.54, 1.807) is 0 Å². The number of aryl methyl sites for hydroxylation is 1. The molecule has 3 rings (SSSR count). The number of rotatable bonds is 6. The molecule has 0 radical (unpaired) electrons. The standard InChI is InChI=1S/C17H17N7O2/c1-2-11-5-3-4-6-12(11)21-17-23-14(22-16(18)24-17)10-26-15(25)13-9-19-7-8-20-13/h3-9H,2,10H2,1H3,(H3,18,21,22,23,24). The first kappa shape index (κ1) is 17.2. The first-order valence-electron chi connectivity index (χ1n) is 7.94. The molecule has 0 amide bonds. The van der Waals surface area contributed by atoms with Crippen molar-refractivity contribution in [2.24, 2.45) is 0 Å². The number of benzene rings is 1. The van der Waals surface area contributed by atoms with Crippen LogP contribution in [0.3, 0.4) is 0 Å². The van der Waals surface area contributed by atoms with Gasteiger partial charge in [0.15, 0.2) is 18.1 Å². The highest BCUT2D eigenvalue weighted by Crippen LogP contribution is 2.19. The molecule has 0 fully saturated rings. The van der Waals surface area contributed by atoms with E-state index in [4.69, 9.17) is 10.5 Å². The van der Waals surface area contributed by atoms with Gasteiger partial charge in [0.2, 0.25) is 11.9 Å². The number of ether oxygens (including phenoxy) is 1. The zero-order valence-electron chi connectivity index (χ0n) is 14.1. The number of nitrogen functional groups attached to an aromatic ring is 1. The zero-order chi connectivity index (χ0) is 18.4. The second kappa shape index (κ2) is 7.97. The Balaban J connectivity index is 1.72. The molecule has 0 atom stereocenters. The van der Waals surface area contributed by atoms with E-state index in [1.807, 2.05) is 24.3 Å². The Kier molecular flexibility index (Phi) is 5.28. The molecule has 9 heteroatoms. The summed E-state index contributed by atoms with van der Waals surface area (Å²) < 4.78 is 5.14. The van der Waals surface area contributed by atoms with Gasteiger partial charge in [-0.25, -0.2) is 9.78 Å². The van der Waals surface area contributed by atoms with Gasteiger partial charge in [0.05, 0.1) is 6.20 Å². The topological polar surface area (TPSA) is 129 Å². The number of nitrogens with zero attached hydrogens (tertiary/aromatic N) is 5. The number of nitrogens with two attached hydrogens (primary N) is 1. The molecule has 0 bridgehead atoms. The fourth-order valence-electron chi connectivity index (χ4n) is 2.24. The number of hydrogen-bond donors (Lipinski definition) is 2. The largest absolute Gasteiger partial charge is 0.453 e. The van der Waals surface area contributed by atoms with Crippen molar-refractivity contribution in [1.82, 2.24) is 24.9 Å². The molecule has 26 heavy (non-hydrogen) atoms. The molecule has 3 N–H and O–H groups in total.